The largest absolute Gasteiger partial charge is 0.328 e. The number of aryl methyl sites for hydroxylation is 2. The summed E-state index contributed by atoms with van der Waals surface area (Å²) < 4.78 is 2.03. The molecular weight excluding hydrogens is 270 g/mol. The molecule has 4 heteroatoms. The Morgan fingerprint density at radius 2 is 2.00 bits per heavy atom. The van der Waals surface area contributed by atoms with Gasteiger partial charge in [0.2, 0.25) is 0 Å². The summed E-state index contributed by atoms with van der Waals surface area (Å²) in [5, 5.41) is 5.44. The van der Waals surface area contributed by atoms with Crippen LogP contribution in [0.4, 0.5) is 0 Å². The van der Waals surface area contributed by atoms with Gasteiger partial charge < -0.3 is 5.73 Å². The molecule has 1 aromatic carbocycles. The lowest BCUT2D eigenvalue weighted by Gasteiger charge is -2.14. The van der Waals surface area contributed by atoms with Crippen LogP contribution in [0.25, 0.3) is 5.69 Å². The van der Waals surface area contributed by atoms with Crippen molar-refractivity contribution in [3.63, 3.8) is 0 Å². The molecule has 1 unspecified atom stereocenters. The average Bonchev–Trinajstić information content (AvgIpc) is 2.81. The van der Waals surface area contributed by atoms with E-state index in [2.05, 4.69) is 19.9 Å². The molecular formula is C16H22ClN3. The first-order valence-electron chi connectivity index (χ1n) is 7.17. The summed E-state index contributed by atoms with van der Waals surface area (Å²) in [6.07, 6.45) is 2.68. The molecule has 1 atom stereocenters. The smallest absolute Gasteiger partial charge is 0.0682 e. The van der Waals surface area contributed by atoms with Gasteiger partial charge >= 0.3 is 0 Å². The molecule has 0 saturated heterocycles. The molecule has 2 aromatic rings. The third-order valence-corrected chi connectivity index (χ3v) is 3.60. The number of hydrogen-bond acceptors (Lipinski definition) is 2. The van der Waals surface area contributed by atoms with Gasteiger partial charge in [-0.25, -0.2) is 4.68 Å². The van der Waals surface area contributed by atoms with E-state index in [1.165, 1.54) is 5.69 Å². The van der Waals surface area contributed by atoms with Crippen molar-refractivity contribution in [2.75, 3.05) is 0 Å². The topological polar surface area (TPSA) is 43.8 Å². The molecule has 1 aromatic heterocycles. The van der Waals surface area contributed by atoms with E-state index >= 15 is 0 Å². The summed E-state index contributed by atoms with van der Waals surface area (Å²) in [5.74, 6) is 0. The maximum Gasteiger partial charge on any atom is 0.0682 e. The molecule has 0 amide bonds. The van der Waals surface area contributed by atoms with E-state index in [4.69, 9.17) is 22.4 Å². The molecule has 2 N–H and O–H groups in total. The molecule has 0 aliphatic rings. The van der Waals surface area contributed by atoms with E-state index in [-0.39, 0.29) is 6.04 Å². The first kappa shape index (κ1) is 15.1. The Hall–Kier alpha value is -1.32. The Labute approximate surface area is 125 Å². The van der Waals surface area contributed by atoms with Crippen molar-refractivity contribution in [1.29, 1.82) is 0 Å². The zero-order valence-corrected chi connectivity index (χ0v) is 13.1. The fourth-order valence-corrected chi connectivity index (χ4v) is 2.57. The van der Waals surface area contributed by atoms with Gasteiger partial charge in [0.1, 0.15) is 0 Å². The van der Waals surface area contributed by atoms with Crippen LogP contribution < -0.4 is 5.73 Å². The van der Waals surface area contributed by atoms with Crippen molar-refractivity contribution in [2.45, 2.75) is 46.1 Å². The summed E-state index contributed by atoms with van der Waals surface area (Å²) >= 11 is 6.12. The lowest BCUT2D eigenvalue weighted by molar-refractivity contribution is 0.719. The van der Waals surface area contributed by atoms with Gasteiger partial charge in [0.25, 0.3) is 0 Å². The number of halogens is 1. The van der Waals surface area contributed by atoms with Gasteiger partial charge in [-0.15, -0.1) is 0 Å². The molecule has 0 saturated carbocycles. The van der Waals surface area contributed by atoms with Gasteiger partial charge in [0.05, 0.1) is 11.4 Å². The Morgan fingerprint density at radius 3 is 2.60 bits per heavy atom. The maximum atomic E-state index is 6.12. The van der Waals surface area contributed by atoms with E-state index < -0.39 is 0 Å². The molecule has 0 bridgehead atoms. The van der Waals surface area contributed by atoms with Crippen LogP contribution in [0.2, 0.25) is 5.02 Å². The highest BCUT2D eigenvalue weighted by Gasteiger charge is 2.12. The second kappa shape index (κ2) is 6.42. The first-order chi connectivity index (χ1) is 9.55. The van der Waals surface area contributed by atoms with Crippen LogP contribution in [0, 0.1) is 0 Å². The second-order valence-corrected chi connectivity index (χ2v) is 5.64. The molecule has 20 heavy (non-hydrogen) atoms. The van der Waals surface area contributed by atoms with Crippen molar-refractivity contribution in [3.8, 4) is 5.69 Å². The minimum atomic E-state index is 0.0958. The fraction of sp³-hybridized carbons (Fsp3) is 0.438. The Bertz CT molecular complexity index is 587. The molecule has 0 fully saturated rings. The van der Waals surface area contributed by atoms with Crippen LogP contribution in [0.3, 0.4) is 0 Å². The molecule has 1 heterocycles. The van der Waals surface area contributed by atoms with Crippen molar-refractivity contribution < 1.29 is 0 Å². The van der Waals surface area contributed by atoms with Crippen molar-refractivity contribution in [2.24, 2.45) is 5.73 Å². The quantitative estimate of drug-likeness (QED) is 0.916. The molecule has 108 valence electrons. The van der Waals surface area contributed by atoms with E-state index in [9.17, 15) is 0 Å². The number of nitrogens with zero attached hydrogens (tertiary/aromatic N) is 2. The van der Waals surface area contributed by atoms with Gasteiger partial charge in [-0.05, 0) is 56.0 Å². The van der Waals surface area contributed by atoms with Gasteiger partial charge in [0, 0.05) is 16.8 Å². The SMILES string of the molecule is CCc1cc(CC)n(-c2ccc(Cl)cc2CC(C)N)n1. The van der Waals surface area contributed by atoms with Gasteiger partial charge in [-0.1, -0.05) is 25.4 Å². The molecule has 0 aliphatic heterocycles. The standard InChI is InChI=1S/C16H22ClN3/c1-4-14-10-15(5-2)20(19-14)16-7-6-13(17)9-12(16)8-11(3)18/h6-7,9-11H,4-5,8,18H2,1-3H3. The highest BCUT2D eigenvalue weighted by Crippen LogP contribution is 2.23. The molecule has 3 nitrogen and oxygen atoms in total. The van der Waals surface area contributed by atoms with Crippen molar-refractivity contribution in [3.05, 3.63) is 46.2 Å². The first-order valence-corrected chi connectivity index (χ1v) is 7.55. The minimum absolute atomic E-state index is 0.0958. The average molecular weight is 292 g/mol. The summed E-state index contributed by atoms with van der Waals surface area (Å²) in [5.41, 5.74) is 10.5. The predicted octanol–water partition coefficient (Wildman–Crippen LogP) is 3.54. The zero-order valence-electron chi connectivity index (χ0n) is 12.4. The van der Waals surface area contributed by atoms with Gasteiger partial charge in [0.15, 0.2) is 0 Å². The van der Waals surface area contributed by atoms with E-state index in [1.54, 1.807) is 0 Å². The molecule has 0 aliphatic carbocycles. The highest BCUT2D eigenvalue weighted by molar-refractivity contribution is 6.30. The molecule has 0 radical (unpaired) electrons. The molecule has 0 spiro atoms. The summed E-state index contributed by atoms with van der Waals surface area (Å²) in [7, 11) is 0. The summed E-state index contributed by atoms with van der Waals surface area (Å²) in [6, 6.07) is 8.20. The van der Waals surface area contributed by atoms with Gasteiger partial charge in [-0.3, -0.25) is 0 Å². The number of hydrogen-bond donors (Lipinski definition) is 1. The predicted molar refractivity (Wildman–Crippen MR) is 84.7 cm³/mol. The maximum absolute atomic E-state index is 6.12. The lowest BCUT2D eigenvalue weighted by Crippen LogP contribution is -2.19. The third kappa shape index (κ3) is 3.22. The van der Waals surface area contributed by atoms with Crippen LogP contribution in [0.5, 0.6) is 0 Å². The summed E-state index contributed by atoms with van der Waals surface area (Å²) in [4.78, 5) is 0. The fourth-order valence-electron chi connectivity index (χ4n) is 2.38. The normalized spacial score (nSPS) is 12.7. The lowest BCUT2D eigenvalue weighted by atomic mass is 10.1. The Kier molecular flexibility index (Phi) is 4.84. The van der Waals surface area contributed by atoms with Crippen LogP contribution in [-0.4, -0.2) is 15.8 Å². The van der Waals surface area contributed by atoms with Gasteiger partial charge in [-0.2, -0.15) is 5.10 Å². The van der Waals surface area contributed by atoms with E-state index in [0.29, 0.717) is 0 Å². The number of aromatic nitrogens is 2. The second-order valence-electron chi connectivity index (χ2n) is 5.20. The van der Waals surface area contributed by atoms with Crippen LogP contribution in [0.15, 0.2) is 24.3 Å². The van der Waals surface area contributed by atoms with E-state index in [0.717, 1.165) is 41.2 Å². The number of rotatable bonds is 5. The third-order valence-electron chi connectivity index (χ3n) is 3.37. The Morgan fingerprint density at radius 1 is 1.25 bits per heavy atom. The Balaban J connectivity index is 2.53. The van der Waals surface area contributed by atoms with Crippen LogP contribution in [-0.2, 0) is 19.3 Å². The van der Waals surface area contributed by atoms with Crippen molar-refractivity contribution in [1.82, 2.24) is 9.78 Å². The highest BCUT2D eigenvalue weighted by atomic mass is 35.5. The number of benzene rings is 1. The summed E-state index contributed by atoms with van der Waals surface area (Å²) in [6.45, 7) is 6.27. The van der Waals surface area contributed by atoms with Crippen LogP contribution in [0.1, 0.15) is 37.7 Å². The number of nitrogens with two attached hydrogens (primary N) is 1. The van der Waals surface area contributed by atoms with Crippen LogP contribution >= 0.6 is 11.6 Å². The zero-order chi connectivity index (χ0) is 14.7. The minimum Gasteiger partial charge on any atom is -0.328 e. The van der Waals surface area contributed by atoms with Crippen molar-refractivity contribution >= 4 is 11.6 Å². The monoisotopic (exact) mass is 291 g/mol. The molecule has 2 rings (SSSR count). The van der Waals surface area contributed by atoms with E-state index in [1.807, 2.05) is 29.8 Å².